The van der Waals surface area contributed by atoms with Gasteiger partial charge in [0.15, 0.2) is 5.82 Å². The lowest BCUT2D eigenvalue weighted by molar-refractivity contribution is -0.131. The van der Waals surface area contributed by atoms with Crippen molar-refractivity contribution in [2.45, 2.75) is 70.4 Å². The highest BCUT2D eigenvalue weighted by Crippen LogP contribution is 2.39. The molecule has 0 unspecified atom stereocenters. The van der Waals surface area contributed by atoms with Gasteiger partial charge in [-0.25, -0.2) is 0 Å². The lowest BCUT2D eigenvalue weighted by Crippen LogP contribution is -2.41. The third kappa shape index (κ3) is 3.63. The first-order chi connectivity index (χ1) is 11.7. The Labute approximate surface area is 143 Å². The standard InChI is InChI=1S/C18H28N4O2/c1-13(23)22(12-17-19-18(24-20-17)15-6-7-15)16-8-9-21(11-16)10-14-4-2-3-5-14/h14-16H,2-12H2,1H3/t16-/m0/s1. The maximum absolute atomic E-state index is 12.2. The van der Waals surface area contributed by atoms with Crippen molar-refractivity contribution in [1.29, 1.82) is 0 Å². The second kappa shape index (κ2) is 6.82. The summed E-state index contributed by atoms with van der Waals surface area (Å²) in [6.07, 6.45) is 8.90. The van der Waals surface area contributed by atoms with Crippen LogP contribution in [0.3, 0.4) is 0 Å². The minimum Gasteiger partial charge on any atom is -0.339 e. The van der Waals surface area contributed by atoms with E-state index in [1.165, 1.54) is 32.2 Å². The van der Waals surface area contributed by atoms with Crippen LogP contribution in [0.15, 0.2) is 4.52 Å². The van der Waals surface area contributed by atoms with Crippen molar-refractivity contribution >= 4 is 5.91 Å². The Morgan fingerprint density at radius 2 is 2.04 bits per heavy atom. The fraction of sp³-hybridized carbons (Fsp3) is 0.833. The molecule has 1 saturated heterocycles. The molecule has 0 N–H and O–H groups in total. The summed E-state index contributed by atoms with van der Waals surface area (Å²) in [6, 6.07) is 0.284. The number of likely N-dealkylation sites (tertiary alicyclic amines) is 1. The summed E-state index contributed by atoms with van der Waals surface area (Å²) in [4.78, 5) is 21.1. The molecule has 132 valence electrons. The normalized spacial score (nSPS) is 25.5. The van der Waals surface area contributed by atoms with Crippen LogP contribution in [0.4, 0.5) is 0 Å². The van der Waals surface area contributed by atoms with E-state index in [9.17, 15) is 4.79 Å². The van der Waals surface area contributed by atoms with E-state index in [0.717, 1.165) is 44.2 Å². The number of carbonyl (C=O) groups is 1. The number of rotatable bonds is 6. The molecule has 0 aromatic carbocycles. The molecule has 1 aromatic heterocycles. The van der Waals surface area contributed by atoms with E-state index in [4.69, 9.17) is 4.52 Å². The zero-order valence-electron chi connectivity index (χ0n) is 14.6. The topological polar surface area (TPSA) is 62.5 Å². The third-order valence-corrected chi connectivity index (χ3v) is 5.81. The van der Waals surface area contributed by atoms with Crippen LogP contribution in [-0.2, 0) is 11.3 Å². The molecule has 0 spiro atoms. The van der Waals surface area contributed by atoms with E-state index in [0.29, 0.717) is 18.3 Å². The highest BCUT2D eigenvalue weighted by atomic mass is 16.5. The molecular weight excluding hydrogens is 304 g/mol. The number of hydrogen-bond acceptors (Lipinski definition) is 5. The summed E-state index contributed by atoms with van der Waals surface area (Å²) in [5, 5.41) is 4.08. The molecule has 3 aliphatic rings. The van der Waals surface area contributed by atoms with Crippen LogP contribution >= 0.6 is 0 Å². The quantitative estimate of drug-likeness (QED) is 0.801. The first-order valence-corrected chi connectivity index (χ1v) is 9.51. The number of aromatic nitrogens is 2. The maximum Gasteiger partial charge on any atom is 0.229 e. The molecule has 0 bridgehead atoms. The molecule has 1 atom stereocenters. The molecule has 1 amide bonds. The minimum atomic E-state index is 0.112. The Morgan fingerprint density at radius 3 is 2.75 bits per heavy atom. The Morgan fingerprint density at radius 1 is 1.25 bits per heavy atom. The van der Waals surface area contributed by atoms with Gasteiger partial charge in [-0.3, -0.25) is 4.79 Å². The predicted octanol–water partition coefficient (Wildman–Crippen LogP) is 2.56. The highest BCUT2D eigenvalue weighted by molar-refractivity contribution is 5.73. The van der Waals surface area contributed by atoms with Gasteiger partial charge in [0.1, 0.15) is 0 Å². The summed E-state index contributed by atoms with van der Waals surface area (Å²) in [7, 11) is 0. The lowest BCUT2D eigenvalue weighted by atomic mass is 10.1. The van der Waals surface area contributed by atoms with Gasteiger partial charge in [0.05, 0.1) is 6.54 Å². The second-order valence-corrected chi connectivity index (χ2v) is 7.82. The summed E-state index contributed by atoms with van der Waals surface area (Å²) in [5.74, 6) is 2.85. The van der Waals surface area contributed by atoms with Crippen molar-refractivity contribution < 1.29 is 9.32 Å². The molecule has 2 saturated carbocycles. The fourth-order valence-corrected chi connectivity index (χ4v) is 4.27. The molecule has 1 aromatic rings. The average Bonchev–Trinajstić information content (AvgIpc) is 2.97. The molecule has 0 radical (unpaired) electrons. The van der Waals surface area contributed by atoms with Crippen LogP contribution in [0.1, 0.15) is 69.5 Å². The second-order valence-electron chi connectivity index (χ2n) is 7.82. The fourth-order valence-electron chi connectivity index (χ4n) is 4.27. The molecule has 2 heterocycles. The molecule has 6 nitrogen and oxygen atoms in total. The van der Waals surface area contributed by atoms with Gasteiger partial charge >= 0.3 is 0 Å². The zero-order chi connectivity index (χ0) is 16.5. The molecule has 2 aliphatic carbocycles. The van der Waals surface area contributed by atoms with Crippen LogP contribution in [0.5, 0.6) is 0 Å². The summed E-state index contributed by atoms with van der Waals surface area (Å²) < 4.78 is 5.33. The van der Waals surface area contributed by atoms with Gasteiger partial charge in [-0.2, -0.15) is 4.98 Å². The first kappa shape index (κ1) is 16.1. The van der Waals surface area contributed by atoms with Crippen molar-refractivity contribution in [3.8, 4) is 0 Å². The zero-order valence-corrected chi connectivity index (χ0v) is 14.6. The van der Waals surface area contributed by atoms with Gasteiger partial charge in [-0.15, -0.1) is 0 Å². The van der Waals surface area contributed by atoms with E-state index in [1.54, 1.807) is 6.92 Å². The number of hydrogen-bond donors (Lipinski definition) is 0. The number of carbonyl (C=O) groups excluding carboxylic acids is 1. The molecule has 24 heavy (non-hydrogen) atoms. The maximum atomic E-state index is 12.2. The summed E-state index contributed by atoms with van der Waals surface area (Å²) in [6.45, 7) is 5.43. The Balaban J connectivity index is 1.34. The van der Waals surface area contributed by atoms with E-state index in [2.05, 4.69) is 15.0 Å². The first-order valence-electron chi connectivity index (χ1n) is 9.51. The van der Waals surface area contributed by atoms with E-state index < -0.39 is 0 Å². The van der Waals surface area contributed by atoms with E-state index >= 15 is 0 Å². The Bertz CT molecular complexity index is 577. The van der Waals surface area contributed by atoms with E-state index in [-0.39, 0.29) is 11.9 Å². The van der Waals surface area contributed by atoms with Crippen molar-refractivity contribution in [3.63, 3.8) is 0 Å². The van der Waals surface area contributed by atoms with Gasteiger partial charge in [-0.1, -0.05) is 18.0 Å². The van der Waals surface area contributed by atoms with Gasteiger partial charge in [-0.05, 0) is 38.0 Å². The molecule has 3 fully saturated rings. The minimum absolute atomic E-state index is 0.112. The van der Waals surface area contributed by atoms with E-state index in [1.807, 2.05) is 4.90 Å². The number of amides is 1. The predicted molar refractivity (Wildman–Crippen MR) is 89.3 cm³/mol. The van der Waals surface area contributed by atoms with Crippen LogP contribution in [0, 0.1) is 5.92 Å². The molecule has 6 heteroatoms. The molecule has 1 aliphatic heterocycles. The average molecular weight is 332 g/mol. The highest BCUT2D eigenvalue weighted by Gasteiger charge is 2.33. The van der Waals surface area contributed by atoms with Crippen LogP contribution < -0.4 is 0 Å². The smallest absolute Gasteiger partial charge is 0.229 e. The monoisotopic (exact) mass is 332 g/mol. The van der Waals surface area contributed by atoms with Gasteiger partial charge in [0.2, 0.25) is 11.8 Å². The van der Waals surface area contributed by atoms with Gasteiger partial charge in [0.25, 0.3) is 0 Å². The number of nitrogens with zero attached hydrogens (tertiary/aromatic N) is 4. The van der Waals surface area contributed by atoms with Gasteiger partial charge < -0.3 is 14.3 Å². The Hall–Kier alpha value is -1.43. The van der Waals surface area contributed by atoms with Gasteiger partial charge in [0, 0.05) is 38.5 Å². The van der Waals surface area contributed by atoms with Crippen molar-refractivity contribution in [1.82, 2.24) is 19.9 Å². The lowest BCUT2D eigenvalue weighted by Gasteiger charge is -2.27. The SMILES string of the molecule is CC(=O)N(Cc1noc(C2CC2)n1)[C@H]1CCN(CC2CCCC2)C1. The van der Waals surface area contributed by atoms with Crippen LogP contribution in [0.2, 0.25) is 0 Å². The summed E-state index contributed by atoms with van der Waals surface area (Å²) >= 11 is 0. The largest absolute Gasteiger partial charge is 0.339 e. The third-order valence-electron chi connectivity index (χ3n) is 5.81. The van der Waals surface area contributed by atoms with Crippen LogP contribution in [0.25, 0.3) is 0 Å². The Kier molecular flexibility index (Phi) is 4.57. The molecule has 4 rings (SSSR count). The van der Waals surface area contributed by atoms with Crippen molar-refractivity contribution in [2.24, 2.45) is 5.92 Å². The van der Waals surface area contributed by atoms with Crippen LogP contribution in [-0.4, -0.2) is 51.5 Å². The van der Waals surface area contributed by atoms with Crippen molar-refractivity contribution in [2.75, 3.05) is 19.6 Å². The summed E-state index contributed by atoms with van der Waals surface area (Å²) in [5.41, 5.74) is 0. The molecular formula is C18H28N4O2. The van der Waals surface area contributed by atoms with Crippen molar-refractivity contribution in [3.05, 3.63) is 11.7 Å².